The molecule has 0 spiro atoms. The molecule has 1 atom stereocenters. The van der Waals surface area contributed by atoms with E-state index in [0.29, 0.717) is 5.92 Å². The van der Waals surface area contributed by atoms with E-state index in [2.05, 4.69) is 25.2 Å². The van der Waals surface area contributed by atoms with Gasteiger partial charge in [0.05, 0.1) is 0 Å². The Bertz CT molecular complexity index is 464. The van der Waals surface area contributed by atoms with Gasteiger partial charge < -0.3 is 10.2 Å². The highest BCUT2D eigenvalue weighted by Crippen LogP contribution is 2.17. The van der Waals surface area contributed by atoms with Crippen LogP contribution < -0.4 is 5.32 Å². The van der Waals surface area contributed by atoms with E-state index < -0.39 is 0 Å². The molecular formula is C17H26N2O. The summed E-state index contributed by atoms with van der Waals surface area (Å²) in [5.41, 5.74) is 3.15. The highest BCUT2D eigenvalue weighted by Gasteiger charge is 2.21. The molecule has 3 nitrogen and oxygen atoms in total. The van der Waals surface area contributed by atoms with Crippen LogP contribution in [0.5, 0.6) is 0 Å². The number of benzene rings is 1. The number of piperidine rings is 1. The van der Waals surface area contributed by atoms with Crippen molar-refractivity contribution in [2.75, 3.05) is 26.2 Å². The van der Waals surface area contributed by atoms with Crippen LogP contribution in [0, 0.1) is 19.8 Å². The Morgan fingerprint density at radius 2 is 2.20 bits per heavy atom. The average Bonchev–Trinajstić information content (AvgIpc) is 2.48. The van der Waals surface area contributed by atoms with Crippen LogP contribution in [0.15, 0.2) is 18.2 Å². The van der Waals surface area contributed by atoms with E-state index in [1.54, 1.807) is 0 Å². The molecule has 110 valence electrons. The smallest absolute Gasteiger partial charge is 0.254 e. The van der Waals surface area contributed by atoms with Crippen LogP contribution in [0.4, 0.5) is 0 Å². The minimum absolute atomic E-state index is 0.180. The van der Waals surface area contributed by atoms with Crippen molar-refractivity contribution in [3.05, 3.63) is 34.9 Å². The molecule has 0 saturated carbocycles. The molecule has 1 aromatic carbocycles. The van der Waals surface area contributed by atoms with Crippen LogP contribution in [0.1, 0.15) is 41.3 Å². The van der Waals surface area contributed by atoms with Crippen molar-refractivity contribution >= 4 is 5.91 Å². The van der Waals surface area contributed by atoms with Crippen molar-refractivity contribution < 1.29 is 4.79 Å². The Kier molecular flexibility index (Phi) is 5.18. The fourth-order valence-electron chi connectivity index (χ4n) is 2.90. The molecule has 1 N–H and O–H groups in total. The highest BCUT2D eigenvalue weighted by atomic mass is 16.2. The molecule has 3 heteroatoms. The predicted octanol–water partition coefficient (Wildman–Crippen LogP) is 2.77. The molecule has 1 unspecified atom stereocenters. The quantitative estimate of drug-likeness (QED) is 0.915. The first-order chi connectivity index (χ1) is 9.63. The van der Waals surface area contributed by atoms with Gasteiger partial charge in [-0.2, -0.15) is 0 Å². The zero-order valence-electron chi connectivity index (χ0n) is 12.9. The second-order valence-corrected chi connectivity index (χ2v) is 5.80. The van der Waals surface area contributed by atoms with E-state index in [1.165, 1.54) is 18.4 Å². The summed E-state index contributed by atoms with van der Waals surface area (Å²) in [5, 5.41) is 3.43. The van der Waals surface area contributed by atoms with E-state index in [-0.39, 0.29) is 5.91 Å². The number of hydrogen-bond acceptors (Lipinski definition) is 2. The molecule has 1 aliphatic rings. The molecular weight excluding hydrogens is 248 g/mol. The minimum atomic E-state index is 0.180. The van der Waals surface area contributed by atoms with Gasteiger partial charge >= 0.3 is 0 Å². The summed E-state index contributed by atoms with van der Waals surface area (Å²) in [4.78, 5) is 14.7. The van der Waals surface area contributed by atoms with Gasteiger partial charge in [0.25, 0.3) is 5.91 Å². The summed E-state index contributed by atoms with van der Waals surface area (Å²) < 4.78 is 0. The van der Waals surface area contributed by atoms with Gasteiger partial charge in [-0.05, 0) is 69.8 Å². The van der Waals surface area contributed by atoms with Crippen LogP contribution in [-0.4, -0.2) is 37.0 Å². The minimum Gasteiger partial charge on any atom is -0.339 e. The van der Waals surface area contributed by atoms with E-state index in [4.69, 9.17) is 0 Å². The summed E-state index contributed by atoms with van der Waals surface area (Å²) in [6, 6.07) is 5.99. The van der Waals surface area contributed by atoms with Crippen LogP contribution >= 0.6 is 0 Å². The average molecular weight is 274 g/mol. The monoisotopic (exact) mass is 274 g/mol. The summed E-state index contributed by atoms with van der Waals surface area (Å²) in [7, 11) is 0. The van der Waals surface area contributed by atoms with Crippen molar-refractivity contribution in [1.82, 2.24) is 10.2 Å². The molecule has 0 aromatic heterocycles. The zero-order valence-corrected chi connectivity index (χ0v) is 12.9. The standard InChI is InChI=1S/C17H26N2O/c1-4-19(12-15-8-6-10-18-11-15)17(20)16-9-5-7-13(2)14(16)3/h5,7,9,15,18H,4,6,8,10-12H2,1-3H3. The van der Waals surface area contributed by atoms with E-state index in [0.717, 1.165) is 37.3 Å². The summed E-state index contributed by atoms with van der Waals surface area (Å²) >= 11 is 0. The van der Waals surface area contributed by atoms with Gasteiger partial charge in [0, 0.05) is 18.7 Å². The molecule has 1 aromatic rings. The number of nitrogens with one attached hydrogen (secondary N) is 1. The second-order valence-electron chi connectivity index (χ2n) is 5.80. The van der Waals surface area contributed by atoms with Crippen LogP contribution in [0.3, 0.4) is 0 Å². The first-order valence-electron chi connectivity index (χ1n) is 7.69. The molecule has 1 aliphatic heterocycles. The topological polar surface area (TPSA) is 32.3 Å². The SMILES string of the molecule is CCN(CC1CCCNC1)C(=O)c1cccc(C)c1C. The molecule has 1 fully saturated rings. The number of amides is 1. The number of carbonyl (C=O) groups excluding carboxylic acids is 1. The first-order valence-corrected chi connectivity index (χ1v) is 7.69. The predicted molar refractivity (Wildman–Crippen MR) is 83.1 cm³/mol. The first kappa shape index (κ1) is 15.0. The third kappa shape index (κ3) is 3.40. The van der Waals surface area contributed by atoms with Crippen molar-refractivity contribution in [1.29, 1.82) is 0 Å². The maximum absolute atomic E-state index is 12.7. The molecule has 2 rings (SSSR count). The van der Waals surface area contributed by atoms with E-state index >= 15 is 0 Å². The molecule has 0 bridgehead atoms. The number of aryl methyl sites for hydroxylation is 1. The van der Waals surface area contributed by atoms with Crippen molar-refractivity contribution in [3.63, 3.8) is 0 Å². The lowest BCUT2D eigenvalue weighted by Gasteiger charge is -2.30. The Labute approximate surface area is 122 Å². The summed E-state index contributed by atoms with van der Waals surface area (Å²) in [6.45, 7) is 9.98. The molecule has 0 aliphatic carbocycles. The van der Waals surface area contributed by atoms with Gasteiger partial charge in [-0.1, -0.05) is 12.1 Å². The van der Waals surface area contributed by atoms with Crippen LogP contribution in [0.2, 0.25) is 0 Å². The summed E-state index contributed by atoms with van der Waals surface area (Å²) in [6.07, 6.45) is 2.45. The fraction of sp³-hybridized carbons (Fsp3) is 0.588. The Balaban J connectivity index is 2.10. The lowest BCUT2D eigenvalue weighted by atomic mass is 9.98. The van der Waals surface area contributed by atoms with Crippen molar-refractivity contribution in [3.8, 4) is 0 Å². The Morgan fingerprint density at radius 1 is 1.40 bits per heavy atom. The number of nitrogens with zero attached hydrogens (tertiary/aromatic N) is 1. The summed E-state index contributed by atoms with van der Waals surface area (Å²) in [5.74, 6) is 0.775. The third-order valence-electron chi connectivity index (χ3n) is 4.38. The molecule has 1 heterocycles. The number of rotatable bonds is 4. The third-order valence-corrected chi connectivity index (χ3v) is 4.38. The number of carbonyl (C=O) groups is 1. The maximum Gasteiger partial charge on any atom is 0.254 e. The molecule has 0 radical (unpaired) electrons. The number of hydrogen-bond donors (Lipinski definition) is 1. The second kappa shape index (κ2) is 6.89. The fourth-order valence-corrected chi connectivity index (χ4v) is 2.90. The van der Waals surface area contributed by atoms with Crippen LogP contribution in [0.25, 0.3) is 0 Å². The van der Waals surface area contributed by atoms with E-state index in [9.17, 15) is 4.79 Å². The van der Waals surface area contributed by atoms with Gasteiger partial charge in [-0.15, -0.1) is 0 Å². The van der Waals surface area contributed by atoms with Gasteiger partial charge in [0.2, 0.25) is 0 Å². The van der Waals surface area contributed by atoms with Gasteiger partial charge in [-0.25, -0.2) is 0 Å². The highest BCUT2D eigenvalue weighted by molar-refractivity contribution is 5.95. The lowest BCUT2D eigenvalue weighted by Crippen LogP contribution is -2.41. The lowest BCUT2D eigenvalue weighted by molar-refractivity contribution is 0.0728. The zero-order chi connectivity index (χ0) is 14.5. The van der Waals surface area contributed by atoms with Crippen LogP contribution in [-0.2, 0) is 0 Å². The van der Waals surface area contributed by atoms with Crippen molar-refractivity contribution in [2.24, 2.45) is 5.92 Å². The van der Waals surface area contributed by atoms with Gasteiger partial charge in [0.15, 0.2) is 0 Å². The maximum atomic E-state index is 12.7. The normalized spacial score (nSPS) is 18.9. The van der Waals surface area contributed by atoms with Gasteiger partial charge in [-0.3, -0.25) is 4.79 Å². The molecule has 1 amide bonds. The molecule has 1 saturated heterocycles. The van der Waals surface area contributed by atoms with Crippen molar-refractivity contribution in [2.45, 2.75) is 33.6 Å². The largest absolute Gasteiger partial charge is 0.339 e. The van der Waals surface area contributed by atoms with E-state index in [1.807, 2.05) is 24.0 Å². The Hall–Kier alpha value is -1.35. The van der Waals surface area contributed by atoms with Gasteiger partial charge in [0.1, 0.15) is 0 Å². The molecule has 20 heavy (non-hydrogen) atoms. The Morgan fingerprint density at radius 3 is 2.85 bits per heavy atom.